The molecule has 0 spiro atoms. The van der Waals surface area contributed by atoms with E-state index in [-0.39, 0.29) is 5.82 Å². The summed E-state index contributed by atoms with van der Waals surface area (Å²) in [5.74, 6) is 0.0110. The Balaban J connectivity index is 1.72. The predicted molar refractivity (Wildman–Crippen MR) is 78.8 cm³/mol. The average molecular weight is 271 g/mol. The first-order valence-electron chi connectivity index (χ1n) is 6.93. The molecule has 1 atom stereocenters. The minimum Gasteiger partial charge on any atom is -0.494 e. The van der Waals surface area contributed by atoms with Crippen molar-refractivity contribution in [3.05, 3.63) is 59.4 Å². The third-order valence-electron chi connectivity index (χ3n) is 3.84. The van der Waals surface area contributed by atoms with Crippen molar-refractivity contribution in [3.8, 4) is 5.75 Å². The summed E-state index contributed by atoms with van der Waals surface area (Å²) in [7, 11) is 1.48. The molecule has 0 aliphatic carbocycles. The van der Waals surface area contributed by atoms with Crippen molar-refractivity contribution in [1.29, 1.82) is 0 Å². The van der Waals surface area contributed by atoms with Crippen LogP contribution in [0.2, 0.25) is 0 Å². The van der Waals surface area contributed by atoms with Gasteiger partial charge in [0.05, 0.1) is 7.11 Å². The maximum atomic E-state index is 13.7. The number of hydrogen-bond acceptors (Lipinski definition) is 2. The fourth-order valence-electron chi connectivity index (χ4n) is 2.78. The second kappa shape index (κ2) is 5.53. The first-order chi connectivity index (χ1) is 9.76. The van der Waals surface area contributed by atoms with Crippen molar-refractivity contribution in [2.45, 2.75) is 25.3 Å². The Kier molecular flexibility index (Phi) is 3.59. The van der Waals surface area contributed by atoms with Crippen LogP contribution in [0.4, 0.5) is 10.1 Å². The van der Waals surface area contributed by atoms with Gasteiger partial charge in [0.1, 0.15) is 0 Å². The quantitative estimate of drug-likeness (QED) is 0.916. The lowest BCUT2D eigenvalue weighted by Gasteiger charge is -2.27. The fraction of sp³-hybridized carbons (Fsp3) is 0.294. The van der Waals surface area contributed by atoms with Gasteiger partial charge in [-0.2, -0.15) is 0 Å². The summed E-state index contributed by atoms with van der Waals surface area (Å²) in [5, 5.41) is 3.54. The number of rotatable bonds is 3. The lowest BCUT2D eigenvalue weighted by molar-refractivity contribution is 0.386. The number of benzene rings is 2. The molecule has 1 N–H and O–H groups in total. The summed E-state index contributed by atoms with van der Waals surface area (Å²) in [5.41, 5.74) is 3.57. The van der Waals surface area contributed by atoms with Crippen LogP contribution in [0, 0.1) is 5.82 Å². The van der Waals surface area contributed by atoms with E-state index >= 15 is 0 Å². The smallest absolute Gasteiger partial charge is 0.165 e. The summed E-state index contributed by atoms with van der Waals surface area (Å²) in [6.45, 7) is 0. The summed E-state index contributed by atoms with van der Waals surface area (Å²) in [6.07, 6.45) is 2.98. The van der Waals surface area contributed by atoms with E-state index in [4.69, 9.17) is 4.74 Å². The van der Waals surface area contributed by atoms with Gasteiger partial charge in [-0.05, 0) is 48.6 Å². The van der Waals surface area contributed by atoms with Gasteiger partial charge in [0, 0.05) is 11.7 Å². The molecule has 0 saturated carbocycles. The summed E-state index contributed by atoms with van der Waals surface area (Å²) < 4.78 is 18.6. The van der Waals surface area contributed by atoms with Crippen LogP contribution in [0.5, 0.6) is 5.75 Å². The lowest BCUT2D eigenvalue weighted by Crippen LogP contribution is -2.27. The highest BCUT2D eigenvalue weighted by atomic mass is 19.1. The van der Waals surface area contributed by atoms with Crippen molar-refractivity contribution in [2.24, 2.45) is 0 Å². The largest absolute Gasteiger partial charge is 0.494 e. The molecule has 2 nitrogen and oxygen atoms in total. The van der Waals surface area contributed by atoms with Crippen molar-refractivity contribution < 1.29 is 9.13 Å². The summed E-state index contributed by atoms with van der Waals surface area (Å²) in [4.78, 5) is 0. The van der Waals surface area contributed by atoms with Crippen LogP contribution in [0.25, 0.3) is 0 Å². The van der Waals surface area contributed by atoms with Crippen LogP contribution in [0.1, 0.15) is 17.5 Å². The number of ether oxygens (including phenoxy) is 1. The number of fused-ring (bicyclic) bond motifs is 1. The van der Waals surface area contributed by atoms with Gasteiger partial charge in [-0.3, -0.25) is 0 Å². The molecule has 3 rings (SSSR count). The van der Waals surface area contributed by atoms with E-state index < -0.39 is 0 Å². The van der Waals surface area contributed by atoms with E-state index in [2.05, 4.69) is 23.5 Å². The first-order valence-corrected chi connectivity index (χ1v) is 6.93. The van der Waals surface area contributed by atoms with Gasteiger partial charge in [-0.25, -0.2) is 4.39 Å². The Hall–Kier alpha value is -2.03. The predicted octanol–water partition coefficient (Wildman–Crippen LogP) is 3.80. The molecule has 0 radical (unpaired) electrons. The molecule has 0 saturated heterocycles. The Morgan fingerprint density at radius 2 is 2.10 bits per heavy atom. The van der Waals surface area contributed by atoms with Crippen LogP contribution in [-0.4, -0.2) is 13.2 Å². The van der Waals surface area contributed by atoms with Gasteiger partial charge in [0.25, 0.3) is 0 Å². The Morgan fingerprint density at radius 3 is 2.90 bits per heavy atom. The van der Waals surface area contributed by atoms with Gasteiger partial charge in [0.15, 0.2) is 11.6 Å². The molecule has 0 aromatic heterocycles. The highest BCUT2D eigenvalue weighted by Gasteiger charge is 2.17. The van der Waals surface area contributed by atoms with Crippen LogP contribution < -0.4 is 10.1 Å². The SMILES string of the molecule is COc1ccc(CC2CCc3ccccc3N2)cc1F. The normalized spacial score (nSPS) is 17.2. The Labute approximate surface area is 118 Å². The number of nitrogens with one attached hydrogen (secondary N) is 1. The minimum atomic E-state index is -0.291. The third-order valence-corrected chi connectivity index (χ3v) is 3.84. The highest BCUT2D eigenvalue weighted by molar-refractivity contribution is 5.54. The molecule has 20 heavy (non-hydrogen) atoms. The molecule has 104 valence electrons. The third kappa shape index (κ3) is 2.62. The number of methoxy groups -OCH3 is 1. The van der Waals surface area contributed by atoms with Gasteiger partial charge in [0.2, 0.25) is 0 Å². The zero-order valence-corrected chi connectivity index (χ0v) is 11.5. The van der Waals surface area contributed by atoms with Crippen molar-refractivity contribution in [3.63, 3.8) is 0 Å². The fourth-order valence-corrected chi connectivity index (χ4v) is 2.78. The number of para-hydroxylation sites is 1. The Bertz CT molecular complexity index is 612. The maximum Gasteiger partial charge on any atom is 0.165 e. The van der Waals surface area contributed by atoms with Crippen LogP contribution >= 0.6 is 0 Å². The molecule has 0 amide bonds. The summed E-state index contributed by atoms with van der Waals surface area (Å²) >= 11 is 0. The monoisotopic (exact) mass is 271 g/mol. The molecule has 1 heterocycles. The van der Waals surface area contributed by atoms with Crippen LogP contribution in [0.3, 0.4) is 0 Å². The zero-order valence-electron chi connectivity index (χ0n) is 11.5. The second-order valence-electron chi connectivity index (χ2n) is 5.21. The lowest BCUT2D eigenvalue weighted by atomic mass is 9.94. The van der Waals surface area contributed by atoms with E-state index in [1.165, 1.54) is 18.4 Å². The van der Waals surface area contributed by atoms with Gasteiger partial charge >= 0.3 is 0 Å². The maximum absolute atomic E-state index is 13.7. The molecule has 1 aliphatic heterocycles. The van der Waals surface area contributed by atoms with E-state index in [9.17, 15) is 4.39 Å². The van der Waals surface area contributed by atoms with Crippen molar-refractivity contribution in [2.75, 3.05) is 12.4 Å². The molecule has 1 aliphatic rings. The van der Waals surface area contributed by atoms with E-state index in [0.717, 1.165) is 24.8 Å². The molecular formula is C17H18FNO. The standard InChI is InChI=1S/C17H18FNO/c1-20-17-9-6-12(11-15(17)18)10-14-8-7-13-4-2-3-5-16(13)19-14/h2-6,9,11,14,19H,7-8,10H2,1H3. The minimum absolute atomic E-state index is 0.291. The molecule has 1 unspecified atom stereocenters. The topological polar surface area (TPSA) is 21.3 Å². The molecule has 2 aromatic carbocycles. The second-order valence-corrected chi connectivity index (χ2v) is 5.21. The molecular weight excluding hydrogens is 253 g/mol. The average Bonchev–Trinajstić information content (AvgIpc) is 2.47. The first kappa shape index (κ1) is 13.0. The van der Waals surface area contributed by atoms with Crippen LogP contribution in [-0.2, 0) is 12.8 Å². The summed E-state index contributed by atoms with van der Waals surface area (Å²) in [6, 6.07) is 13.9. The van der Waals surface area contributed by atoms with E-state index in [1.807, 2.05) is 12.1 Å². The number of aryl methyl sites for hydroxylation is 1. The van der Waals surface area contributed by atoms with Crippen LogP contribution in [0.15, 0.2) is 42.5 Å². The van der Waals surface area contributed by atoms with Gasteiger partial charge in [-0.1, -0.05) is 24.3 Å². The van der Waals surface area contributed by atoms with Crippen molar-refractivity contribution >= 4 is 5.69 Å². The molecule has 3 heteroatoms. The molecule has 0 fully saturated rings. The molecule has 0 bridgehead atoms. The highest BCUT2D eigenvalue weighted by Crippen LogP contribution is 2.26. The molecule has 2 aromatic rings. The van der Waals surface area contributed by atoms with E-state index in [0.29, 0.717) is 11.8 Å². The number of halogens is 1. The van der Waals surface area contributed by atoms with Gasteiger partial charge < -0.3 is 10.1 Å². The number of anilines is 1. The van der Waals surface area contributed by atoms with Crippen molar-refractivity contribution in [1.82, 2.24) is 0 Å². The van der Waals surface area contributed by atoms with E-state index in [1.54, 1.807) is 12.1 Å². The number of hydrogen-bond donors (Lipinski definition) is 1. The van der Waals surface area contributed by atoms with Gasteiger partial charge in [-0.15, -0.1) is 0 Å². The zero-order chi connectivity index (χ0) is 13.9. The Morgan fingerprint density at radius 1 is 1.25 bits per heavy atom.